The number of nitrogens with zero attached hydrogens (tertiary/aromatic N) is 2. The number of hydrogen-bond acceptors (Lipinski definition) is 3. The van der Waals surface area contributed by atoms with Crippen LogP contribution in [0.25, 0.3) is 0 Å². The van der Waals surface area contributed by atoms with Gasteiger partial charge in [-0.15, -0.1) is 0 Å². The molecular formula is C33H33F2N3O2. The SMILES string of the molecule is CCC(C(=O)N(Cc1ccc(F)cc1)Cc1cc(NC(=O)c2cccc(F)c2)ccc1N(C)C)c1ccccc1. The molecule has 5 nitrogen and oxygen atoms in total. The Bertz CT molecular complexity index is 1460. The molecule has 7 heteroatoms. The van der Waals surface area contributed by atoms with Crippen molar-refractivity contribution in [3.63, 3.8) is 0 Å². The van der Waals surface area contributed by atoms with Crippen LogP contribution in [0.3, 0.4) is 0 Å². The van der Waals surface area contributed by atoms with Gasteiger partial charge < -0.3 is 15.1 Å². The summed E-state index contributed by atoms with van der Waals surface area (Å²) >= 11 is 0. The minimum absolute atomic E-state index is 0.0445. The van der Waals surface area contributed by atoms with Gasteiger partial charge in [-0.05, 0) is 71.6 Å². The molecular weight excluding hydrogens is 508 g/mol. The van der Waals surface area contributed by atoms with E-state index in [4.69, 9.17) is 0 Å². The van der Waals surface area contributed by atoms with Crippen LogP contribution in [-0.4, -0.2) is 30.8 Å². The number of hydrogen-bond donors (Lipinski definition) is 1. The van der Waals surface area contributed by atoms with Gasteiger partial charge in [-0.2, -0.15) is 0 Å². The van der Waals surface area contributed by atoms with Crippen molar-refractivity contribution in [1.29, 1.82) is 0 Å². The zero-order valence-corrected chi connectivity index (χ0v) is 22.9. The molecule has 4 rings (SSSR count). The van der Waals surface area contributed by atoms with Gasteiger partial charge in [0.2, 0.25) is 5.91 Å². The van der Waals surface area contributed by atoms with Gasteiger partial charge in [0.1, 0.15) is 11.6 Å². The van der Waals surface area contributed by atoms with Crippen molar-refractivity contribution >= 4 is 23.2 Å². The summed E-state index contributed by atoms with van der Waals surface area (Å²) in [6, 6.07) is 26.8. The summed E-state index contributed by atoms with van der Waals surface area (Å²) in [5.74, 6) is -1.65. The summed E-state index contributed by atoms with van der Waals surface area (Å²) in [6.07, 6.45) is 0.618. The van der Waals surface area contributed by atoms with Gasteiger partial charge in [0.15, 0.2) is 0 Å². The molecule has 0 heterocycles. The Labute approximate surface area is 234 Å². The standard InChI is InChI=1S/C33H33F2N3O2/c1-4-30(24-9-6-5-7-10-24)33(40)38(21-23-13-15-27(34)16-14-23)22-26-20-29(17-18-31(26)37(2)3)36-32(39)25-11-8-12-28(35)19-25/h5-20,30H,4,21-22H2,1-3H3,(H,36,39). The Balaban J connectivity index is 1.68. The summed E-state index contributed by atoms with van der Waals surface area (Å²) in [6.45, 7) is 2.53. The summed E-state index contributed by atoms with van der Waals surface area (Å²) < 4.78 is 27.3. The maximum atomic E-state index is 14.0. The molecule has 0 spiro atoms. The van der Waals surface area contributed by atoms with Gasteiger partial charge in [0.05, 0.1) is 5.92 Å². The third-order valence-corrected chi connectivity index (χ3v) is 6.77. The van der Waals surface area contributed by atoms with Crippen LogP contribution in [0.5, 0.6) is 0 Å². The molecule has 206 valence electrons. The van der Waals surface area contributed by atoms with Gasteiger partial charge in [-0.25, -0.2) is 8.78 Å². The normalized spacial score (nSPS) is 11.5. The lowest BCUT2D eigenvalue weighted by Gasteiger charge is -2.29. The summed E-state index contributed by atoms with van der Waals surface area (Å²) in [4.78, 5) is 30.6. The van der Waals surface area contributed by atoms with Crippen LogP contribution in [0.2, 0.25) is 0 Å². The highest BCUT2D eigenvalue weighted by atomic mass is 19.1. The Hall–Kier alpha value is -4.52. The van der Waals surface area contributed by atoms with Gasteiger partial charge in [0.25, 0.3) is 5.91 Å². The molecule has 0 aliphatic carbocycles. The van der Waals surface area contributed by atoms with Crippen LogP contribution >= 0.6 is 0 Å². The molecule has 0 aliphatic rings. The fraction of sp³-hybridized carbons (Fsp3) is 0.212. The first-order valence-corrected chi connectivity index (χ1v) is 13.2. The van der Waals surface area contributed by atoms with Crippen LogP contribution in [0.15, 0.2) is 97.1 Å². The molecule has 1 unspecified atom stereocenters. The van der Waals surface area contributed by atoms with E-state index in [9.17, 15) is 18.4 Å². The molecule has 1 atom stereocenters. The number of benzene rings is 4. The molecule has 0 aliphatic heterocycles. The van der Waals surface area contributed by atoms with E-state index in [1.165, 1.54) is 30.3 Å². The molecule has 4 aromatic carbocycles. The fourth-order valence-corrected chi connectivity index (χ4v) is 4.75. The highest BCUT2D eigenvalue weighted by Gasteiger charge is 2.26. The first-order chi connectivity index (χ1) is 19.2. The second kappa shape index (κ2) is 13.0. The molecule has 0 aromatic heterocycles. The highest BCUT2D eigenvalue weighted by Crippen LogP contribution is 2.29. The smallest absolute Gasteiger partial charge is 0.255 e. The Kier molecular flexibility index (Phi) is 9.27. The first kappa shape index (κ1) is 28.5. The topological polar surface area (TPSA) is 52.7 Å². The lowest BCUT2D eigenvalue weighted by atomic mass is 9.94. The Morgan fingerprint density at radius 3 is 2.17 bits per heavy atom. The molecule has 0 saturated heterocycles. The zero-order chi connectivity index (χ0) is 28.6. The molecule has 2 amide bonds. The van der Waals surface area contributed by atoms with Crippen molar-refractivity contribution in [1.82, 2.24) is 4.90 Å². The van der Waals surface area contributed by atoms with E-state index < -0.39 is 11.7 Å². The van der Waals surface area contributed by atoms with Crippen molar-refractivity contribution in [3.8, 4) is 0 Å². The minimum atomic E-state index is -0.491. The van der Waals surface area contributed by atoms with Crippen molar-refractivity contribution in [2.45, 2.75) is 32.4 Å². The second-order valence-electron chi connectivity index (χ2n) is 9.89. The summed E-state index contributed by atoms with van der Waals surface area (Å²) in [5, 5.41) is 2.84. The minimum Gasteiger partial charge on any atom is -0.377 e. The first-order valence-electron chi connectivity index (χ1n) is 13.2. The van der Waals surface area contributed by atoms with Gasteiger partial charge in [-0.3, -0.25) is 9.59 Å². The number of halogens is 2. The predicted octanol–water partition coefficient (Wildman–Crippen LogP) is 7.01. The van der Waals surface area contributed by atoms with Crippen LogP contribution in [-0.2, 0) is 17.9 Å². The van der Waals surface area contributed by atoms with Crippen LogP contribution in [0.4, 0.5) is 20.2 Å². The maximum absolute atomic E-state index is 14.0. The second-order valence-corrected chi connectivity index (χ2v) is 9.89. The predicted molar refractivity (Wildman–Crippen MR) is 155 cm³/mol. The van der Waals surface area contributed by atoms with E-state index in [1.54, 1.807) is 29.2 Å². The summed E-state index contributed by atoms with van der Waals surface area (Å²) in [5.41, 5.74) is 4.18. The Morgan fingerprint density at radius 2 is 1.52 bits per heavy atom. The van der Waals surface area contributed by atoms with Gasteiger partial charge >= 0.3 is 0 Å². The largest absolute Gasteiger partial charge is 0.377 e. The van der Waals surface area contributed by atoms with Crippen LogP contribution < -0.4 is 10.2 Å². The molecule has 0 bridgehead atoms. The number of anilines is 2. The lowest BCUT2D eigenvalue weighted by Crippen LogP contribution is -2.34. The van der Waals surface area contributed by atoms with E-state index in [0.29, 0.717) is 12.1 Å². The fourth-order valence-electron chi connectivity index (χ4n) is 4.75. The summed E-state index contributed by atoms with van der Waals surface area (Å²) in [7, 11) is 3.82. The molecule has 0 saturated carbocycles. The van der Waals surface area contributed by atoms with E-state index >= 15 is 0 Å². The highest BCUT2D eigenvalue weighted by molar-refractivity contribution is 6.04. The average molecular weight is 542 g/mol. The maximum Gasteiger partial charge on any atom is 0.255 e. The van der Waals surface area contributed by atoms with Crippen molar-refractivity contribution in [2.24, 2.45) is 0 Å². The monoisotopic (exact) mass is 541 g/mol. The molecule has 1 N–H and O–H groups in total. The number of carbonyl (C=O) groups excluding carboxylic acids is 2. The number of amides is 2. The van der Waals surface area contributed by atoms with Gasteiger partial charge in [-0.1, -0.05) is 55.5 Å². The molecule has 40 heavy (non-hydrogen) atoms. The molecule has 0 fully saturated rings. The van der Waals surface area contributed by atoms with Crippen molar-refractivity contribution in [2.75, 3.05) is 24.3 Å². The third-order valence-electron chi connectivity index (χ3n) is 6.77. The Morgan fingerprint density at radius 1 is 0.800 bits per heavy atom. The third kappa shape index (κ3) is 7.11. The van der Waals surface area contributed by atoms with Crippen molar-refractivity contribution in [3.05, 3.63) is 131 Å². The van der Waals surface area contributed by atoms with E-state index in [2.05, 4.69) is 5.32 Å². The average Bonchev–Trinajstić information content (AvgIpc) is 2.94. The van der Waals surface area contributed by atoms with E-state index in [1.807, 2.05) is 68.4 Å². The van der Waals surface area contributed by atoms with E-state index in [0.717, 1.165) is 22.4 Å². The van der Waals surface area contributed by atoms with Crippen LogP contribution in [0, 0.1) is 11.6 Å². The van der Waals surface area contributed by atoms with Crippen molar-refractivity contribution < 1.29 is 18.4 Å². The van der Waals surface area contributed by atoms with E-state index in [-0.39, 0.29) is 36.3 Å². The van der Waals surface area contributed by atoms with Gasteiger partial charge in [0, 0.05) is 44.1 Å². The quantitative estimate of drug-likeness (QED) is 0.235. The lowest BCUT2D eigenvalue weighted by molar-refractivity contribution is -0.134. The number of nitrogens with one attached hydrogen (secondary N) is 1. The molecule has 0 radical (unpaired) electrons. The zero-order valence-electron chi connectivity index (χ0n) is 22.9. The number of carbonyl (C=O) groups is 2. The number of rotatable bonds is 10. The van der Waals surface area contributed by atoms with Crippen LogP contribution in [0.1, 0.15) is 46.3 Å². The molecule has 4 aromatic rings.